The zero-order valence-corrected chi connectivity index (χ0v) is 7.88. The molecule has 0 aliphatic rings. The molecule has 5 N–H and O–H groups in total. The molecule has 0 bridgehead atoms. The lowest BCUT2D eigenvalue weighted by Crippen LogP contribution is -1.97. The minimum Gasteiger partial charge on any atom is -0.393 e. The van der Waals surface area contributed by atoms with Crippen LogP contribution < -0.4 is 11.9 Å². The van der Waals surface area contributed by atoms with Crippen LogP contribution in [0.2, 0.25) is 0 Å². The van der Waals surface area contributed by atoms with Gasteiger partial charge in [-0.05, 0) is 6.07 Å². The molecule has 0 saturated heterocycles. The summed E-state index contributed by atoms with van der Waals surface area (Å²) in [6, 6.07) is 7.05. The van der Waals surface area contributed by atoms with Gasteiger partial charge in [0.15, 0.2) is 0 Å². The number of nitrogens with two attached hydrogens (primary N) is 1. The Labute approximate surface area is 85.5 Å². The Kier molecular flexibility index (Phi) is 2.82. The average molecular weight is 206 g/mol. The first-order valence-electron chi connectivity index (χ1n) is 3.98. The fraction of sp³-hybridized carbons (Fsp3) is 0. The van der Waals surface area contributed by atoms with E-state index < -0.39 is 4.92 Å². The van der Waals surface area contributed by atoms with Crippen LogP contribution >= 0.6 is 0 Å². The third-order valence-corrected chi connectivity index (χ3v) is 1.99. The topological polar surface area (TPSA) is 117 Å². The molecule has 0 atom stereocenters. The maximum atomic E-state index is 10.6. The van der Waals surface area contributed by atoms with E-state index in [2.05, 4.69) is 4.98 Å². The van der Waals surface area contributed by atoms with Crippen LogP contribution in [0.3, 0.4) is 0 Å². The summed E-state index contributed by atoms with van der Waals surface area (Å²) in [5, 5.41) is 11.2. The Hall–Kier alpha value is -2.21. The number of benzene rings is 1. The van der Waals surface area contributed by atoms with Gasteiger partial charge in [0.25, 0.3) is 0 Å². The highest BCUT2D eigenvalue weighted by Crippen LogP contribution is 2.27. The summed E-state index contributed by atoms with van der Waals surface area (Å²) in [6.07, 6.45) is 1.18. The summed E-state index contributed by atoms with van der Waals surface area (Å²) in [5.41, 5.74) is 6.32. The Bertz CT molecular complexity index is 512. The number of nitrogens with zero attached hydrogens (tertiary/aromatic N) is 2. The number of rotatable bonds is 1. The maximum absolute atomic E-state index is 10.6. The van der Waals surface area contributed by atoms with E-state index in [9.17, 15) is 10.1 Å². The molecule has 1 heterocycles. The summed E-state index contributed by atoms with van der Waals surface area (Å²) in [6.45, 7) is 0. The Morgan fingerprint density at radius 3 is 2.67 bits per heavy atom. The standard InChI is InChI=1S/C9H7N3O2.H3N/c10-9-6-3-1-2-4-7(6)11-5-8(9)12(13)14;/h1-5H,(H2,10,11);1H3. The van der Waals surface area contributed by atoms with Crippen LogP contribution in [0.1, 0.15) is 0 Å². The second-order valence-corrected chi connectivity index (χ2v) is 2.83. The van der Waals surface area contributed by atoms with Gasteiger partial charge in [0, 0.05) is 5.39 Å². The molecule has 2 aromatic rings. The molecule has 6 heteroatoms. The number of nitro groups is 1. The molecule has 78 valence electrons. The lowest BCUT2D eigenvalue weighted by Gasteiger charge is -2.00. The number of fused-ring (bicyclic) bond motifs is 1. The fourth-order valence-electron chi connectivity index (χ4n) is 1.30. The summed E-state index contributed by atoms with van der Waals surface area (Å²) in [4.78, 5) is 14.0. The molecule has 15 heavy (non-hydrogen) atoms. The van der Waals surface area contributed by atoms with E-state index in [0.717, 1.165) is 0 Å². The molecular formula is C9H10N4O2. The maximum Gasteiger partial charge on any atom is 0.310 e. The highest BCUT2D eigenvalue weighted by atomic mass is 16.6. The highest BCUT2D eigenvalue weighted by molar-refractivity contribution is 5.94. The van der Waals surface area contributed by atoms with Crippen LogP contribution in [0, 0.1) is 10.1 Å². The van der Waals surface area contributed by atoms with Crippen molar-refractivity contribution in [1.29, 1.82) is 0 Å². The first-order valence-corrected chi connectivity index (χ1v) is 3.98. The number of aromatic nitrogens is 1. The summed E-state index contributed by atoms with van der Waals surface area (Å²) >= 11 is 0. The highest BCUT2D eigenvalue weighted by Gasteiger charge is 2.14. The van der Waals surface area contributed by atoms with Crippen molar-refractivity contribution < 1.29 is 4.92 Å². The van der Waals surface area contributed by atoms with Crippen LogP contribution in [-0.2, 0) is 0 Å². The molecule has 0 spiro atoms. The number of hydrogen-bond acceptors (Lipinski definition) is 5. The molecule has 2 rings (SSSR count). The Morgan fingerprint density at radius 2 is 2.00 bits per heavy atom. The van der Waals surface area contributed by atoms with Crippen LogP contribution in [0.4, 0.5) is 11.4 Å². The van der Waals surface area contributed by atoms with Gasteiger partial charge in [-0.15, -0.1) is 0 Å². The SMILES string of the molecule is N.Nc1c([N+](=O)[O-])cnc2ccccc12. The van der Waals surface area contributed by atoms with Gasteiger partial charge in [0.1, 0.15) is 11.9 Å². The molecule has 0 aliphatic carbocycles. The first-order chi connectivity index (χ1) is 6.70. The number of para-hydroxylation sites is 1. The van der Waals surface area contributed by atoms with Gasteiger partial charge in [-0.1, -0.05) is 18.2 Å². The Balaban J connectivity index is 0.00000112. The zero-order valence-electron chi connectivity index (χ0n) is 7.88. The first kappa shape index (κ1) is 10.9. The van der Waals surface area contributed by atoms with E-state index in [1.165, 1.54) is 6.20 Å². The summed E-state index contributed by atoms with van der Waals surface area (Å²) in [7, 11) is 0. The average Bonchev–Trinajstić information content (AvgIpc) is 2.18. The van der Waals surface area contributed by atoms with Crippen LogP contribution in [0.25, 0.3) is 10.9 Å². The fourth-order valence-corrected chi connectivity index (χ4v) is 1.30. The minimum atomic E-state index is -0.533. The van der Waals surface area contributed by atoms with Crippen LogP contribution in [0.5, 0.6) is 0 Å². The molecule has 0 radical (unpaired) electrons. The molecule has 0 saturated carbocycles. The molecule has 0 fully saturated rings. The molecule has 1 aromatic heterocycles. The van der Waals surface area contributed by atoms with E-state index in [4.69, 9.17) is 5.73 Å². The van der Waals surface area contributed by atoms with Crippen molar-refractivity contribution >= 4 is 22.3 Å². The second kappa shape index (κ2) is 3.89. The number of nitrogen functional groups attached to an aromatic ring is 1. The third kappa shape index (κ3) is 1.70. The van der Waals surface area contributed by atoms with Crippen molar-refractivity contribution in [3.63, 3.8) is 0 Å². The van der Waals surface area contributed by atoms with E-state index in [0.29, 0.717) is 10.9 Å². The van der Waals surface area contributed by atoms with Gasteiger partial charge < -0.3 is 11.9 Å². The van der Waals surface area contributed by atoms with Gasteiger partial charge >= 0.3 is 5.69 Å². The normalized spacial score (nSPS) is 9.60. The lowest BCUT2D eigenvalue weighted by molar-refractivity contribution is -0.384. The predicted octanol–water partition coefficient (Wildman–Crippen LogP) is 1.89. The zero-order chi connectivity index (χ0) is 10.1. The Morgan fingerprint density at radius 1 is 1.33 bits per heavy atom. The van der Waals surface area contributed by atoms with Crippen molar-refractivity contribution in [2.75, 3.05) is 5.73 Å². The second-order valence-electron chi connectivity index (χ2n) is 2.83. The molecular weight excluding hydrogens is 196 g/mol. The van der Waals surface area contributed by atoms with Crippen molar-refractivity contribution in [3.8, 4) is 0 Å². The van der Waals surface area contributed by atoms with Crippen molar-refractivity contribution in [2.45, 2.75) is 0 Å². The molecule has 1 aromatic carbocycles. The monoisotopic (exact) mass is 206 g/mol. The van der Waals surface area contributed by atoms with Crippen LogP contribution in [0.15, 0.2) is 30.5 Å². The number of pyridine rings is 1. The van der Waals surface area contributed by atoms with Gasteiger partial charge in [0.2, 0.25) is 0 Å². The van der Waals surface area contributed by atoms with Gasteiger partial charge in [-0.3, -0.25) is 10.1 Å². The van der Waals surface area contributed by atoms with Crippen LogP contribution in [-0.4, -0.2) is 9.91 Å². The van der Waals surface area contributed by atoms with Crippen molar-refractivity contribution in [2.24, 2.45) is 0 Å². The van der Waals surface area contributed by atoms with E-state index in [-0.39, 0.29) is 17.5 Å². The molecule has 0 aliphatic heterocycles. The molecule has 0 unspecified atom stereocenters. The van der Waals surface area contributed by atoms with E-state index >= 15 is 0 Å². The minimum absolute atomic E-state index is 0. The summed E-state index contributed by atoms with van der Waals surface area (Å²) < 4.78 is 0. The number of anilines is 1. The van der Waals surface area contributed by atoms with Gasteiger partial charge in [0.05, 0.1) is 10.4 Å². The van der Waals surface area contributed by atoms with E-state index in [1.807, 2.05) is 0 Å². The van der Waals surface area contributed by atoms with Crippen molar-refractivity contribution in [3.05, 3.63) is 40.6 Å². The third-order valence-electron chi connectivity index (χ3n) is 1.99. The largest absolute Gasteiger partial charge is 0.393 e. The molecule has 6 nitrogen and oxygen atoms in total. The van der Waals surface area contributed by atoms with Gasteiger partial charge in [-0.2, -0.15) is 0 Å². The molecule has 0 amide bonds. The smallest absolute Gasteiger partial charge is 0.310 e. The number of hydrogen-bond donors (Lipinski definition) is 2. The van der Waals surface area contributed by atoms with Gasteiger partial charge in [-0.25, -0.2) is 4.98 Å². The predicted molar refractivity (Wildman–Crippen MR) is 57.8 cm³/mol. The van der Waals surface area contributed by atoms with Crippen molar-refractivity contribution in [1.82, 2.24) is 11.1 Å². The lowest BCUT2D eigenvalue weighted by atomic mass is 10.2. The van der Waals surface area contributed by atoms with E-state index in [1.54, 1.807) is 24.3 Å². The quantitative estimate of drug-likeness (QED) is 0.545. The summed E-state index contributed by atoms with van der Waals surface area (Å²) in [5.74, 6) is 0.